The van der Waals surface area contributed by atoms with E-state index in [9.17, 15) is 9.59 Å². The second-order valence-corrected chi connectivity index (χ2v) is 3.67. The summed E-state index contributed by atoms with van der Waals surface area (Å²) in [7, 11) is 0. The van der Waals surface area contributed by atoms with Gasteiger partial charge in [-0.25, -0.2) is 5.48 Å². The summed E-state index contributed by atoms with van der Waals surface area (Å²) in [6.45, 7) is 0.338. The van der Waals surface area contributed by atoms with Crippen molar-refractivity contribution < 1.29 is 14.4 Å². The molecule has 1 rings (SSSR count). The lowest BCUT2D eigenvalue weighted by molar-refractivity contribution is 0.0375. The molecule has 0 unspecified atom stereocenters. The number of rotatable bonds is 5. The standard InChI is InChI=1S/C10H11BrN2O3/c11-5-6-16-13-10(15)8-4-2-1-3-7(8)9(12)14/h1-4H,5-6H2,(H2,12,14)(H,13,15). The fourth-order valence-corrected chi connectivity index (χ4v) is 1.27. The van der Waals surface area contributed by atoms with E-state index in [1.807, 2.05) is 0 Å². The van der Waals surface area contributed by atoms with E-state index in [1.54, 1.807) is 12.1 Å². The van der Waals surface area contributed by atoms with Gasteiger partial charge in [-0.1, -0.05) is 28.1 Å². The highest BCUT2D eigenvalue weighted by atomic mass is 79.9. The molecule has 0 heterocycles. The van der Waals surface area contributed by atoms with Crippen LogP contribution in [0.2, 0.25) is 0 Å². The molecule has 0 saturated heterocycles. The van der Waals surface area contributed by atoms with Crippen molar-refractivity contribution in [3.8, 4) is 0 Å². The zero-order chi connectivity index (χ0) is 12.0. The molecule has 0 aromatic heterocycles. The molecule has 0 aliphatic rings. The van der Waals surface area contributed by atoms with Crippen molar-refractivity contribution in [3.05, 3.63) is 35.4 Å². The largest absolute Gasteiger partial charge is 0.366 e. The molecular formula is C10H11BrN2O3. The Morgan fingerprint density at radius 2 is 1.94 bits per heavy atom. The van der Waals surface area contributed by atoms with Crippen molar-refractivity contribution in [2.75, 3.05) is 11.9 Å². The lowest BCUT2D eigenvalue weighted by Gasteiger charge is -2.07. The van der Waals surface area contributed by atoms with Crippen LogP contribution in [-0.2, 0) is 4.84 Å². The topological polar surface area (TPSA) is 81.4 Å². The molecule has 0 saturated carbocycles. The van der Waals surface area contributed by atoms with Crippen LogP contribution >= 0.6 is 15.9 Å². The van der Waals surface area contributed by atoms with Gasteiger partial charge in [0.2, 0.25) is 5.91 Å². The molecule has 6 heteroatoms. The molecular weight excluding hydrogens is 276 g/mol. The number of carbonyl (C=O) groups is 2. The third-order valence-corrected chi connectivity index (χ3v) is 2.10. The molecule has 1 aromatic carbocycles. The first-order valence-electron chi connectivity index (χ1n) is 4.53. The third-order valence-electron chi connectivity index (χ3n) is 1.78. The van der Waals surface area contributed by atoms with Gasteiger partial charge in [-0.3, -0.25) is 14.4 Å². The zero-order valence-corrected chi connectivity index (χ0v) is 9.99. The maximum absolute atomic E-state index is 11.6. The van der Waals surface area contributed by atoms with Gasteiger partial charge in [0.25, 0.3) is 5.91 Å². The van der Waals surface area contributed by atoms with Gasteiger partial charge in [0.15, 0.2) is 0 Å². The molecule has 0 radical (unpaired) electrons. The predicted octanol–water partition coefficient (Wildman–Crippen LogP) is 0.842. The number of hydroxylamine groups is 1. The fraction of sp³-hybridized carbons (Fsp3) is 0.200. The molecule has 86 valence electrons. The Kier molecular flexibility index (Phi) is 4.94. The van der Waals surface area contributed by atoms with Crippen LogP contribution in [0.4, 0.5) is 0 Å². The van der Waals surface area contributed by atoms with Gasteiger partial charge in [-0.15, -0.1) is 0 Å². The first kappa shape index (κ1) is 12.7. The number of carbonyl (C=O) groups excluding carboxylic acids is 2. The summed E-state index contributed by atoms with van der Waals surface area (Å²) in [4.78, 5) is 27.5. The van der Waals surface area contributed by atoms with Gasteiger partial charge in [0, 0.05) is 5.33 Å². The van der Waals surface area contributed by atoms with Crippen molar-refractivity contribution in [1.29, 1.82) is 0 Å². The number of benzene rings is 1. The van der Waals surface area contributed by atoms with E-state index >= 15 is 0 Å². The lowest BCUT2D eigenvalue weighted by atomic mass is 10.1. The maximum Gasteiger partial charge on any atom is 0.275 e. The van der Waals surface area contributed by atoms with E-state index in [-0.39, 0.29) is 11.1 Å². The van der Waals surface area contributed by atoms with Crippen LogP contribution in [0, 0.1) is 0 Å². The smallest absolute Gasteiger partial charge is 0.275 e. The minimum Gasteiger partial charge on any atom is -0.366 e. The molecule has 2 amide bonds. The first-order chi connectivity index (χ1) is 7.66. The number of halogens is 1. The SMILES string of the molecule is NC(=O)c1ccccc1C(=O)NOCCBr. The molecule has 0 aliphatic heterocycles. The van der Waals surface area contributed by atoms with E-state index in [0.29, 0.717) is 11.9 Å². The van der Waals surface area contributed by atoms with Crippen molar-refractivity contribution >= 4 is 27.7 Å². The Labute approximate surface area is 101 Å². The molecule has 0 bridgehead atoms. The Morgan fingerprint density at radius 3 is 2.50 bits per heavy atom. The number of alkyl halides is 1. The molecule has 1 aromatic rings. The van der Waals surface area contributed by atoms with Crippen molar-refractivity contribution in [2.45, 2.75) is 0 Å². The molecule has 0 atom stereocenters. The zero-order valence-electron chi connectivity index (χ0n) is 8.40. The fourth-order valence-electron chi connectivity index (χ4n) is 1.11. The van der Waals surface area contributed by atoms with Crippen LogP contribution in [-0.4, -0.2) is 23.8 Å². The van der Waals surface area contributed by atoms with E-state index < -0.39 is 11.8 Å². The highest BCUT2D eigenvalue weighted by molar-refractivity contribution is 9.09. The van der Waals surface area contributed by atoms with Crippen molar-refractivity contribution in [2.24, 2.45) is 5.73 Å². The summed E-state index contributed by atoms with van der Waals surface area (Å²) in [6.07, 6.45) is 0. The van der Waals surface area contributed by atoms with E-state index in [1.165, 1.54) is 12.1 Å². The van der Waals surface area contributed by atoms with Gasteiger partial charge in [0.05, 0.1) is 17.7 Å². The minimum absolute atomic E-state index is 0.169. The number of nitrogens with one attached hydrogen (secondary N) is 1. The van der Waals surface area contributed by atoms with Crippen LogP contribution in [0.5, 0.6) is 0 Å². The normalized spacial score (nSPS) is 9.81. The van der Waals surface area contributed by atoms with Gasteiger partial charge in [0.1, 0.15) is 0 Å². The van der Waals surface area contributed by atoms with E-state index in [2.05, 4.69) is 21.4 Å². The molecule has 16 heavy (non-hydrogen) atoms. The van der Waals surface area contributed by atoms with Gasteiger partial charge in [-0.2, -0.15) is 0 Å². The number of hydrogen-bond donors (Lipinski definition) is 2. The predicted molar refractivity (Wildman–Crippen MR) is 62.2 cm³/mol. The van der Waals surface area contributed by atoms with Gasteiger partial charge in [-0.05, 0) is 12.1 Å². The average molecular weight is 287 g/mol. The molecule has 3 N–H and O–H groups in total. The average Bonchev–Trinajstić information content (AvgIpc) is 2.29. The molecule has 0 spiro atoms. The lowest BCUT2D eigenvalue weighted by Crippen LogP contribution is -2.27. The van der Waals surface area contributed by atoms with E-state index in [4.69, 9.17) is 10.6 Å². The quantitative estimate of drug-likeness (QED) is 0.478. The summed E-state index contributed by atoms with van der Waals surface area (Å²) in [6, 6.07) is 6.27. The number of primary amides is 1. The van der Waals surface area contributed by atoms with Crippen LogP contribution in [0.1, 0.15) is 20.7 Å². The van der Waals surface area contributed by atoms with Crippen molar-refractivity contribution in [3.63, 3.8) is 0 Å². The summed E-state index contributed by atoms with van der Waals surface area (Å²) >= 11 is 3.14. The van der Waals surface area contributed by atoms with E-state index in [0.717, 1.165) is 0 Å². The number of amides is 2. The Bertz CT molecular complexity index is 395. The third kappa shape index (κ3) is 3.32. The first-order valence-corrected chi connectivity index (χ1v) is 5.66. The van der Waals surface area contributed by atoms with Gasteiger partial charge >= 0.3 is 0 Å². The minimum atomic E-state index is -0.647. The van der Waals surface area contributed by atoms with Crippen LogP contribution in [0.25, 0.3) is 0 Å². The summed E-state index contributed by atoms with van der Waals surface area (Å²) in [5, 5.41) is 0.602. The second-order valence-electron chi connectivity index (χ2n) is 2.88. The van der Waals surface area contributed by atoms with Crippen LogP contribution in [0.3, 0.4) is 0 Å². The Balaban J connectivity index is 2.78. The van der Waals surface area contributed by atoms with Crippen LogP contribution in [0.15, 0.2) is 24.3 Å². The summed E-state index contributed by atoms with van der Waals surface area (Å²) in [5.74, 6) is -1.14. The summed E-state index contributed by atoms with van der Waals surface area (Å²) in [5.41, 5.74) is 7.73. The molecule has 0 fully saturated rings. The Morgan fingerprint density at radius 1 is 1.31 bits per heavy atom. The van der Waals surface area contributed by atoms with Crippen molar-refractivity contribution in [1.82, 2.24) is 5.48 Å². The molecule has 5 nitrogen and oxygen atoms in total. The summed E-state index contributed by atoms with van der Waals surface area (Å²) < 4.78 is 0. The van der Waals surface area contributed by atoms with Gasteiger partial charge < -0.3 is 5.73 Å². The molecule has 0 aliphatic carbocycles. The highest BCUT2D eigenvalue weighted by Crippen LogP contribution is 2.07. The monoisotopic (exact) mass is 286 g/mol. The number of hydrogen-bond acceptors (Lipinski definition) is 3. The number of nitrogens with two attached hydrogens (primary N) is 1. The van der Waals surface area contributed by atoms with Crippen LogP contribution < -0.4 is 11.2 Å². The highest BCUT2D eigenvalue weighted by Gasteiger charge is 2.13. The second kappa shape index (κ2) is 6.24. The maximum atomic E-state index is 11.6. The Hall–Kier alpha value is -1.40.